The van der Waals surface area contributed by atoms with Crippen LogP contribution in [0.5, 0.6) is 5.75 Å². The van der Waals surface area contributed by atoms with Crippen molar-refractivity contribution in [2.45, 2.75) is 24.1 Å². The van der Waals surface area contributed by atoms with Crippen LogP contribution in [0.1, 0.15) is 29.2 Å². The summed E-state index contributed by atoms with van der Waals surface area (Å²) in [5.41, 5.74) is 1.91. The van der Waals surface area contributed by atoms with Crippen molar-refractivity contribution in [1.29, 1.82) is 0 Å². The van der Waals surface area contributed by atoms with Crippen molar-refractivity contribution in [3.8, 4) is 5.75 Å². The molecule has 24 heavy (non-hydrogen) atoms. The van der Waals surface area contributed by atoms with Crippen molar-refractivity contribution in [2.75, 3.05) is 12.9 Å². The Bertz CT molecular complexity index is 720. The van der Waals surface area contributed by atoms with Crippen molar-refractivity contribution >= 4 is 17.7 Å². The first-order valence-electron chi connectivity index (χ1n) is 7.90. The average Bonchev–Trinajstić information content (AvgIpc) is 2.61. The van der Waals surface area contributed by atoms with Gasteiger partial charge in [0.15, 0.2) is 0 Å². The standard InChI is InChI=1S/C19H20FNO2S/c1-12(13-7-9-14(20)10-8-13)19(22)21-16-11-23-17-6-4-3-5-15(17)18(16)24-2/h3-10,12,16,18H,11H2,1-2H3,(H,21,22)/t12?,16-,18-/m1/s1. The smallest absolute Gasteiger partial charge is 0.227 e. The van der Waals surface area contributed by atoms with E-state index in [0.29, 0.717) is 6.61 Å². The average molecular weight is 345 g/mol. The number of hydrogen-bond acceptors (Lipinski definition) is 3. The van der Waals surface area contributed by atoms with E-state index in [1.54, 1.807) is 23.9 Å². The van der Waals surface area contributed by atoms with Gasteiger partial charge in [0.25, 0.3) is 0 Å². The maximum Gasteiger partial charge on any atom is 0.227 e. The zero-order valence-electron chi connectivity index (χ0n) is 13.7. The fourth-order valence-electron chi connectivity index (χ4n) is 2.95. The topological polar surface area (TPSA) is 38.3 Å². The van der Waals surface area contributed by atoms with Gasteiger partial charge in [0.05, 0.1) is 17.2 Å². The number of halogens is 1. The number of rotatable bonds is 4. The molecule has 0 radical (unpaired) electrons. The number of fused-ring (bicyclic) bond motifs is 1. The van der Waals surface area contributed by atoms with Gasteiger partial charge in [-0.3, -0.25) is 4.79 Å². The molecule has 3 rings (SSSR count). The fraction of sp³-hybridized carbons (Fsp3) is 0.316. The monoisotopic (exact) mass is 345 g/mol. The number of benzene rings is 2. The third-order valence-electron chi connectivity index (χ3n) is 4.35. The van der Waals surface area contributed by atoms with Gasteiger partial charge < -0.3 is 10.1 Å². The largest absolute Gasteiger partial charge is 0.491 e. The molecule has 1 aliphatic rings. The highest BCUT2D eigenvalue weighted by molar-refractivity contribution is 7.98. The molecule has 1 aliphatic heterocycles. The highest BCUT2D eigenvalue weighted by Crippen LogP contribution is 2.39. The molecule has 0 spiro atoms. The molecule has 2 aromatic carbocycles. The number of carbonyl (C=O) groups excluding carboxylic acids is 1. The van der Waals surface area contributed by atoms with Crippen LogP contribution in [-0.2, 0) is 4.79 Å². The lowest BCUT2D eigenvalue weighted by molar-refractivity contribution is -0.123. The summed E-state index contributed by atoms with van der Waals surface area (Å²) in [6, 6.07) is 13.9. The number of carbonyl (C=O) groups is 1. The van der Waals surface area contributed by atoms with Crippen LogP contribution < -0.4 is 10.1 Å². The third kappa shape index (κ3) is 3.41. The predicted octanol–water partition coefficient (Wildman–Crippen LogP) is 3.91. The molecular weight excluding hydrogens is 325 g/mol. The molecular formula is C19H20FNO2S. The summed E-state index contributed by atoms with van der Waals surface area (Å²) in [6.45, 7) is 2.28. The fourth-order valence-corrected chi connectivity index (χ4v) is 3.87. The molecule has 0 aliphatic carbocycles. The van der Waals surface area contributed by atoms with Gasteiger partial charge >= 0.3 is 0 Å². The lowest BCUT2D eigenvalue weighted by Gasteiger charge is -2.33. The molecule has 3 nitrogen and oxygen atoms in total. The van der Waals surface area contributed by atoms with Crippen LogP contribution in [0.15, 0.2) is 48.5 Å². The number of para-hydroxylation sites is 1. The Labute approximate surface area is 145 Å². The Morgan fingerprint density at radius 2 is 1.96 bits per heavy atom. The summed E-state index contributed by atoms with van der Waals surface area (Å²) < 4.78 is 18.8. The molecule has 1 heterocycles. The van der Waals surface area contributed by atoms with E-state index in [1.807, 2.05) is 37.4 Å². The predicted molar refractivity (Wildman–Crippen MR) is 94.9 cm³/mol. The number of nitrogens with one attached hydrogen (secondary N) is 1. The quantitative estimate of drug-likeness (QED) is 0.913. The Kier molecular flexibility index (Phi) is 5.09. The first-order valence-corrected chi connectivity index (χ1v) is 9.19. The van der Waals surface area contributed by atoms with E-state index in [4.69, 9.17) is 4.74 Å². The van der Waals surface area contributed by atoms with E-state index in [-0.39, 0.29) is 28.9 Å². The molecule has 2 aromatic rings. The number of thioether (sulfide) groups is 1. The second-order valence-electron chi connectivity index (χ2n) is 5.89. The van der Waals surface area contributed by atoms with Gasteiger partial charge in [-0.25, -0.2) is 4.39 Å². The van der Waals surface area contributed by atoms with Crippen molar-refractivity contribution < 1.29 is 13.9 Å². The molecule has 126 valence electrons. The van der Waals surface area contributed by atoms with E-state index in [9.17, 15) is 9.18 Å². The molecule has 1 amide bonds. The summed E-state index contributed by atoms with van der Waals surface area (Å²) in [6.07, 6.45) is 2.04. The molecule has 1 N–H and O–H groups in total. The molecule has 0 saturated carbocycles. The zero-order valence-corrected chi connectivity index (χ0v) is 14.5. The maximum absolute atomic E-state index is 13.0. The lowest BCUT2D eigenvalue weighted by Crippen LogP contribution is -2.46. The molecule has 0 bridgehead atoms. The molecule has 3 atom stereocenters. The normalized spacial score (nSPS) is 20.6. The van der Waals surface area contributed by atoms with Crippen LogP contribution in [0.3, 0.4) is 0 Å². The van der Waals surface area contributed by atoms with Crippen molar-refractivity contribution in [1.82, 2.24) is 5.32 Å². The Balaban J connectivity index is 1.73. The minimum Gasteiger partial charge on any atom is -0.491 e. The molecule has 1 unspecified atom stereocenters. The highest BCUT2D eigenvalue weighted by Gasteiger charge is 2.32. The van der Waals surface area contributed by atoms with E-state index >= 15 is 0 Å². The summed E-state index contributed by atoms with van der Waals surface area (Å²) in [5.74, 6) is 0.166. The molecule has 0 fully saturated rings. The van der Waals surface area contributed by atoms with Gasteiger partial charge in [-0.1, -0.05) is 30.3 Å². The minimum atomic E-state index is -0.342. The summed E-state index contributed by atoms with van der Waals surface area (Å²) in [7, 11) is 0. The second kappa shape index (κ2) is 7.26. The Hall–Kier alpha value is -2.01. The first kappa shape index (κ1) is 16.8. The van der Waals surface area contributed by atoms with Crippen LogP contribution in [0.2, 0.25) is 0 Å². The zero-order chi connectivity index (χ0) is 17.1. The Morgan fingerprint density at radius 1 is 1.25 bits per heavy atom. The van der Waals surface area contributed by atoms with Gasteiger partial charge in [0.2, 0.25) is 5.91 Å². The van der Waals surface area contributed by atoms with E-state index in [2.05, 4.69) is 5.32 Å². The number of ether oxygens (including phenoxy) is 1. The first-order chi connectivity index (χ1) is 11.6. The number of hydrogen-bond donors (Lipinski definition) is 1. The summed E-state index contributed by atoms with van der Waals surface area (Å²) in [5, 5.41) is 3.25. The van der Waals surface area contributed by atoms with Crippen LogP contribution >= 0.6 is 11.8 Å². The van der Waals surface area contributed by atoms with Crippen LogP contribution in [0, 0.1) is 5.82 Å². The van der Waals surface area contributed by atoms with Gasteiger partial charge in [-0.2, -0.15) is 11.8 Å². The van der Waals surface area contributed by atoms with Crippen molar-refractivity contribution in [3.63, 3.8) is 0 Å². The van der Waals surface area contributed by atoms with E-state index in [0.717, 1.165) is 16.9 Å². The van der Waals surface area contributed by atoms with Crippen LogP contribution in [-0.4, -0.2) is 24.8 Å². The molecule has 0 aromatic heterocycles. The van der Waals surface area contributed by atoms with Gasteiger partial charge in [0.1, 0.15) is 18.2 Å². The second-order valence-corrected chi connectivity index (χ2v) is 6.87. The maximum atomic E-state index is 13.0. The van der Waals surface area contributed by atoms with E-state index < -0.39 is 0 Å². The Morgan fingerprint density at radius 3 is 2.67 bits per heavy atom. The van der Waals surface area contributed by atoms with Gasteiger partial charge in [-0.15, -0.1) is 0 Å². The van der Waals surface area contributed by atoms with E-state index in [1.165, 1.54) is 12.1 Å². The number of amides is 1. The van der Waals surface area contributed by atoms with Gasteiger partial charge in [-0.05, 0) is 36.9 Å². The SMILES string of the molecule is CS[C@@H]1c2ccccc2OC[C@H]1NC(=O)C(C)c1ccc(F)cc1. The lowest BCUT2D eigenvalue weighted by atomic mass is 9.98. The van der Waals surface area contributed by atoms with Crippen LogP contribution in [0.4, 0.5) is 4.39 Å². The van der Waals surface area contributed by atoms with Crippen LogP contribution in [0.25, 0.3) is 0 Å². The third-order valence-corrected chi connectivity index (χ3v) is 5.44. The molecule has 0 saturated heterocycles. The highest BCUT2D eigenvalue weighted by atomic mass is 32.2. The summed E-state index contributed by atoms with van der Waals surface area (Å²) in [4.78, 5) is 12.6. The minimum absolute atomic E-state index is 0.0753. The van der Waals surface area contributed by atoms with Crippen molar-refractivity contribution in [2.24, 2.45) is 0 Å². The summed E-state index contributed by atoms with van der Waals surface area (Å²) >= 11 is 1.70. The van der Waals surface area contributed by atoms with Gasteiger partial charge in [0, 0.05) is 5.56 Å². The van der Waals surface area contributed by atoms with Crippen molar-refractivity contribution in [3.05, 3.63) is 65.5 Å². The molecule has 5 heteroatoms.